The van der Waals surface area contributed by atoms with Crippen LogP contribution in [0, 0.1) is 6.92 Å². The molecular formula is C33H29ClN2O4S. The number of aliphatic imine (C=N–C) groups is 1. The summed E-state index contributed by atoms with van der Waals surface area (Å²) in [6.45, 7) is 5.20. The Morgan fingerprint density at radius 2 is 1.56 bits per heavy atom. The van der Waals surface area contributed by atoms with Crippen LogP contribution in [-0.2, 0) is 18.0 Å². The van der Waals surface area contributed by atoms with Gasteiger partial charge in [0.2, 0.25) is 0 Å². The molecule has 41 heavy (non-hydrogen) atoms. The summed E-state index contributed by atoms with van der Waals surface area (Å²) >= 11 is 7.58. The maximum atomic E-state index is 12.7. The monoisotopic (exact) mass is 584 g/mol. The highest BCUT2D eigenvalue weighted by molar-refractivity contribution is 8.18. The molecule has 0 aliphatic carbocycles. The fraction of sp³-hybridized carbons (Fsp3) is 0.152. The summed E-state index contributed by atoms with van der Waals surface area (Å²) in [5.74, 6) is 1.70. The number of ether oxygens (including phenoxy) is 3. The molecule has 0 spiro atoms. The quantitative estimate of drug-likeness (QED) is 0.191. The van der Waals surface area contributed by atoms with E-state index in [9.17, 15) is 4.79 Å². The van der Waals surface area contributed by atoms with Gasteiger partial charge in [-0.2, -0.15) is 0 Å². The third kappa shape index (κ3) is 7.72. The molecule has 1 saturated heterocycles. The number of amides is 1. The summed E-state index contributed by atoms with van der Waals surface area (Å²) in [6, 6.07) is 28.9. The van der Waals surface area contributed by atoms with E-state index in [2.05, 4.69) is 10.3 Å². The third-order valence-corrected chi connectivity index (χ3v) is 7.26. The first kappa shape index (κ1) is 28.3. The number of hydrogen-bond donors (Lipinski definition) is 1. The second-order valence-corrected chi connectivity index (χ2v) is 10.7. The smallest absolute Gasteiger partial charge is 0.264 e. The van der Waals surface area contributed by atoms with Gasteiger partial charge in [0.1, 0.15) is 19.0 Å². The second-order valence-electron chi connectivity index (χ2n) is 9.28. The van der Waals surface area contributed by atoms with Crippen molar-refractivity contribution in [2.75, 3.05) is 6.61 Å². The minimum absolute atomic E-state index is 0.223. The highest BCUT2D eigenvalue weighted by Gasteiger charge is 2.24. The molecule has 0 radical (unpaired) electrons. The molecule has 0 bridgehead atoms. The van der Waals surface area contributed by atoms with E-state index in [1.165, 1.54) is 11.8 Å². The lowest BCUT2D eigenvalue weighted by Crippen LogP contribution is -2.19. The fourth-order valence-electron chi connectivity index (χ4n) is 4.05. The van der Waals surface area contributed by atoms with Crippen molar-refractivity contribution in [1.82, 2.24) is 5.32 Å². The van der Waals surface area contributed by atoms with Gasteiger partial charge in [-0.3, -0.25) is 4.79 Å². The van der Waals surface area contributed by atoms with E-state index in [1.54, 1.807) is 24.3 Å². The molecule has 8 heteroatoms. The molecular weight excluding hydrogens is 556 g/mol. The summed E-state index contributed by atoms with van der Waals surface area (Å²) in [4.78, 5) is 17.8. The van der Waals surface area contributed by atoms with Gasteiger partial charge in [-0.25, -0.2) is 4.99 Å². The molecule has 1 aliphatic heterocycles. The van der Waals surface area contributed by atoms with Crippen LogP contribution in [-0.4, -0.2) is 17.7 Å². The van der Waals surface area contributed by atoms with E-state index in [4.69, 9.17) is 25.8 Å². The minimum Gasteiger partial charge on any atom is -0.490 e. The van der Waals surface area contributed by atoms with Gasteiger partial charge in [-0.15, -0.1) is 0 Å². The second kappa shape index (κ2) is 13.4. The molecule has 0 aromatic heterocycles. The molecule has 1 fully saturated rings. The highest BCUT2D eigenvalue weighted by Crippen LogP contribution is 2.33. The number of nitrogens with one attached hydrogen (secondary N) is 1. The molecule has 0 unspecified atom stereocenters. The molecule has 4 aromatic carbocycles. The number of halogens is 1. The summed E-state index contributed by atoms with van der Waals surface area (Å²) in [7, 11) is 0. The lowest BCUT2D eigenvalue weighted by molar-refractivity contribution is -0.115. The van der Waals surface area contributed by atoms with Gasteiger partial charge in [0.25, 0.3) is 5.91 Å². The third-order valence-electron chi connectivity index (χ3n) is 6.11. The van der Waals surface area contributed by atoms with E-state index < -0.39 is 0 Å². The molecule has 4 aromatic rings. The lowest BCUT2D eigenvalue weighted by atomic mass is 10.1. The summed E-state index contributed by atoms with van der Waals surface area (Å²) < 4.78 is 18.1. The van der Waals surface area contributed by atoms with Crippen molar-refractivity contribution in [3.8, 4) is 17.2 Å². The number of hydrogen-bond acceptors (Lipinski definition) is 6. The zero-order valence-electron chi connectivity index (χ0n) is 22.7. The first-order chi connectivity index (χ1) is 20.0. The first-order valence-electron chi connectivity index (χ1n) is 13.2. The first-order valence-corrected chi connectivity index (χ1v) is 14.4. The van der Waals surface area contributed by atoms with Crippen LogP contribution in [0.1, 0.15) is 29.2 Å². The molecule has 5 rings (SSSR count). The SMILES string of the molecule is CCOc1cc(COc2ccc(Cl)cc2/C=C2/SC(=Nc3ccc(C)cc3)NC2=O)ccc1OCc1ccccc1. The van der Waals surface area contributed by atoms with Crippen molar-refractivity contribution in [1.29, 1.82) is 0 Å². The predicted octanol–water partition coefficient (Wildman–Crippen LogP) is 8.10. The van der Waals surface area contributed by atoms with Gasteiger partial charge in [-0.1, -0.05) is 65.7 Å². The standard InChI is InChI=1S/C33H29ClN2O4S/c1-3-38-30-17-24(11-15-29(30)40-20-23-7-5-4-6-8-23)21-39-28-16-12-26(34)18-25(28)19-31-32(37)36-33(41-31)35-27-13-9-22(2)10-14-27/h4-19H,3,20-21H2,1-2H3,(H,35,36,37)/b31-19+. The van der Waals surface area contributed by atoms with Gasteiger partial charge in [0, 0.05) is 10.6 Å². The van der Waals surface area contributed by atoms with E-state index in [-0.39, 0.29) is 12.5 Å². The Morgan fingerprint density at radius 3 is 2.34 bits per heavy atom. The van der Waals surface area contributed by atoms with Crippen molar-refractivity contribution in [3.05, 3.63) is 123 Å². The topological polar surface area (TPSA) is 69.2 Å². The fourth-order valence-corrected chi connectivity index (χ4v) is 5.06. The molecule has 1 amide bonds. The van der Waals surface area contributed by atoms with E-state index in [0.29, 0.717) is 51.1 Å². The summed E-state index contributed by atoms with van der Waals surface area (Å²) in [5.41, 5.74) is 4.60. The number of rotatable bonds is 10. The largest absolute Gasteiger partial charge is 0.490 e. The van der Waals surface area contributed by atoms with Crippen LogP contribution in [0.3, 0.4) is 0 Å². The van der Waals surface area contributed by atoms with Crippen LogP contribution in [0.15, 0.2) is 101 Å². The Balaban J connectivity index is 1.30. The number of carbonyl (C=O) groups is 1. The Bertz CT molecular complexity index is 1590. The van der Waals surface area contributed by atoms with Gasteiger partial charge in [0.15, 0.2) is 16.7 Å². The average Bonchev–Trinajstić information content (AvgIpc) is 3.32. The Hall–Kier alpha value is -4.20. The van der Waals surface area contributed by atoms with Crippen LogP contribution in [0.5, 0.6) is 17.2 Å². The molecule has 1 heterocycles. The zero-order chi connectivity index (χ0) is 28.6. The van der Waals surface area contributed by atoms with Crippen LogP contribution in [0.25, 0.3) is 6.08 Å². The van der Waals surface area contributed by atoms with Gasteiger partial charge in [-0.05, 0) is 85.3 Å². The highest BCUT2D eigenvalue weighted by atomic mass is 35.5. The van der Waals surface area contributed by atoms with E-state index >= 15 is 0 Å². The van der Waals surface area contributed by atoms with Gasteiger partial charge in [0.05, 0.1) is 17.2 Å². The average molecular weight is 585 g/mol. The number of benzene rings is 4. The zero-order valence-corrected chi connectivity index (χ0v) is 24.3. The predicted molar refractivity (Wildman–Crippen MR) is 166 cm³/mol. The normalized spacial score (nSPS) is 14.8. The summed E-state index contributed by atoms with van der Waals surface area (Å²) in [5, 5.41) is 3.89. The maximum Gasteiger partial charge on any atom is 0.264 e. The van der Waals surface area contributed by atoms with Crippen molar-refractivity contribution in [2.45, 2.75) is 27.1 Å². The van der Waals surface area contributed by atoms with Gasteiger partial charge >= 0.3 is 0 Å². The molecule has 0 saturated carbocycles. The lowest BCUT2D eigenvalue weighted by Gasteiger charge is -2.15. The Morgan fingerprint density at radius 1 is 0.829 bits per heavy atom. The van der Waals surface area contributed by atoms with Crippen LogP contribution < -0.4 is 19.5 Å². The molecule has 1 aliphatic rings. The number of aryl methyl sites for hydroxylation is 1. The van der Waals surface area contributed by atoms with Crippen LogP contribution in [0.4, 0.5) is 5.69 Å². The molecule has 0 atom stereocenters. The molecule has 6 nitrogen and oxygen atoms in total. The summed E-state index contributed by atoms with van der Waals surface area (Å²) in [6.07, 6.45) is 1.77. The van der Waals surface area contributed by atoms with Crippen LogP contribution >= 0.6 is 23.4 Å². The van der Waals surface area contributed by atoms with Crippen molar-refractivity contribution in [2.24, 2.45) is 4.99 Å². The number of thioether (sulfide) groups is 1. The van der Waals surface area contributed by atoms with Crippen molar-refractivity contribution < 1.29 is 19.0 Å². The minimum atomic E-state index is -0.223. The number of nitrogens with zero attached hydrogens (tertiary/aromatic N) is 1. The molecule has 208 valence electrons. The Kier molecular flexibility index (Phi) is 9.29. The Labute approximate surface area is 249 Å². The van der Waals surface area contributed by atoms with E-state index in [0.717, 1.165) is 22.4 Å². The van der Waals surface area contributed by atoms with Crippen LogP contribution in [0.2, 0.25) is 5.02 Å². The molecule has 1 N–H and O–H groups in total. The number of amidine groups is 1. The van der Waals surface area contributed by atoms with Crippen molar-refractivity contribution >= 4 is 46.2 Å². The maximum absolute atomic E-state index is 12.7. The van der Waals surface area contributed by atoms with Gasteiger partial charge < -0.3 is 19.5 Å². The number of carbonyl (C=O) groups excluding carboxylic acids is 1. The van der Waals surface area contributed by atoms with E-state index in [1.807, 2.05) is 86.6 Å². The van der Waals surface area contributed by atoms with Crippen molar-refractivity contribution in [3.63, 3.8) is 0 Å².